The molecule has 4 aliphatic rings. The van der Waals surface area contributed by atoms with E-state index in [4.69, 9.17) is 11.6 Å². The highest BCUT2D eigenvalue weighted by Gasteiger charge is 2.64. The number of rotatable bonds is 4. The topological polar surface area (TPSA) is 74.6 Å². The van der Waals surface area contributed by atoms with E-state index in [1.54, 1.807) is 0 Å². The van der Waals surface area contributed by atoms with Crippen LogP contribution in [0, 0.1) is 29.1 Å². The van der Waals surface area contributed by atoms with Crippen LogP contribution < -0.4 is 0 Å². The Kier molecular flexibility index (Phi) is 5.10. The number of hydrogen-bond donors (Lipinski definition) is 2. The molecule has 3 saturated carbocycles. The SMILES string of the molecule is C=C1C[C@@]2(C)[C@@H](CC[C@@]2(O)C(=C)C[C@@H](Cl)C(=O)O)[C@@H]2CCC3=CC(=O)CC[C@@H]3[C@@H]12. The third-order valence-corrected chi connectivity index (χ3v) is 8.97. The van der Waals surface area contributed by atoms with Gasteiger partial charge >= 0.3 is 5.97 Å². The van der Waals surface area contributed by atoms with Crippen molar-refractivity contribution < 1.29 is 19.8 Å². The number of allylic oxidation sites excluding steroid dienone is 2. The van der Waals surface area contributed by atoms with Gasteiger partial charge in [-0.05, 0) is 80.3 Å². The molecule has 0 aromatic carbocycles. The molecule has 0 aromatic rings. The lowest BCUT2D eigenvalue weighted by Crippen LogP contribution is -2.54. The van der Waals surface area contributed by atoms with Gasteiger partial charge in [0, 0.05) is 11.8 Å². The zero-order chi connectivity index (χ0) is 21.1. The van der Waals surface area contributed by atoms with Crippen molar-refractivity contribution in [2.75, 3.05) is 0 Å². The van der Waals surface area contributed by atoms with Gasteiger partial charge in [0.25, 0.3) is 0 Å². The number of carbonyl (C=O) groups excluding carboxylic acids is 1. The van der Waals surface area contributed by atoms with Crippen LogP contribution in [0.4, 0.5) is 0 Å². The van der Waals surface area contributed by atoms with Crippen molar-refractivity contribution in [3.05, 3.63) is 36.0 Å². The van der Waals surface area contributed by atoms with Gasteiger partial charge in [-0.1, -0.05) is 31.2 Å². The quantitative estimate of drug-likeness (QED) is 0.514. The molecule has 7 atom stereocenters. The summed E-state index contributed by atoms with van der Waals surface area (Å²) in [6, 6.07) is 0. The van der Waals surface area contributed by atoms with Crippen LogP contribution in [0.5, 0.6) is 0 Å². The number of hydrogen-bond acceptors (Lipinski definition) is 3. The Balaban J connectivity index is 1.63. The summed E-state index contributed by atoms with van der Waals surface area (Å²) >= 11 is 5.98. The Morgan fingerprint density at radius 3 is 2.76 bits per heavy atom. The van der Waals surface area contributed by atoms with Gasteiger partial charge in [0.1, 0.15) is 5.38 Å². The van der Waals surface area contributed by atoms with E-state index in [0.29, 0.717) is 48.5 Å². The molecular formula is C24H31ClO4. The molecule has 0 amide bonds. The van der Waals surface area contributed by atoms with Gasteiger partial charge in [0.15, 0.2) is 5.78 Å². The van der Waals surface area contributed by atoms with Gasteiger partial charge in [-0.2, -0.15) is 0 Å². The van der Waals surface area contributed by atoms with E-state index < -0.39 is 22.4 Å². The Labute approximate surface area is 177 Å². The fraction of sp³-hybridized carbons (Fsp3) is 0.667. The van der Waals surface area contributed by atoms with E-state index in [-0.39, 0.29) is 12.2 Å². The lowest BCUT2D eigenvalue weighted by molar-refractivity contribution is -0.136. The third-order valence-electron chi connectivity index (χ3n) is 8.63. The molecule has 29 heavy (non-hydrogen) atoms. The van der Waals surface area contributed by atoms with E-state index in [0.717, 1.165) is 25.7 Å². The Morgan fingerprint density at radius 1 is 1.34 bits per heavy atom. The molecule has 0 bridgehead atoms. The summed E-state index contributed by atoms with van der Waals surface area (Å²) in [4.78, 5) is 23.1. The number of alkyl halides is 1. The maximum absolute atomic E-state index is 11.9. The number of carboxylic acid groups (broad SMARTS) is 1. The van der Waals surface area contributed by atoms with Gasteiger partial charge in [-0.3, -0.25) is 9.59 Å². The molecule has 0 saturated heterocycles. The highest BCUT2D eigenvalue weighted by Crippen LogP contribution is 2.67. The van der Waals surface area contributed by atoms with Crippen LogP contribution in [0.25, 0.3) is 0 Å². The molecule has 4 nitrogen and oxygen atoms in total. The van der Waals surface area contributed by atoms with Crippen LogP contribution in [-0.2, 0) is 9.59 Å². The molecule has 0 radical (unpaired) electrons. The van der Waals surface area contributed by atoms with Crippen molar-refractivity contribution in [2.45, 2.75) is 69.3 Å². The molecule has 3 fully saturated rings. The molecule has 0 unspecified atom stereocenters. The van der Waals surface area contributed by atoms with Crippen molar-refractivity contribution in [3.8, 4) is 0 Å². The number of ketones is 1. The molecule has 5 heteroatoms. The van der Waals surface area contributed by atoms with Crippen LogP contribution in [0.2, 0.25) is 0 Å². The molecule has 0 aliphatic heterocycles. The van der Waals surface area contributed by atoms with Gasteiger partial charge in [-0.15, -0.1) is 11.6 Å². The van der Waals surface area contributed by atoms with E-state index in [1.165, 1.54) is 11.1 Å². The number of halogens is 1. The van der Waals surface area contributed by atoms with Crippen molar-refractivity contribution in [3.63, 3.8) is 0 Å². The second-order valence-corrected chi connectivity index (χ2v) is 10.5. The van der Waals surface area contributed by atoms with Gasteiger partial charge in [0.2, 0.25) is 0 Å². The van der Waals surface area contributed by atoms with Crippen molar-refractivity contribution in [2.24, 2.45) is 29.1 Å². The maximum Gasteiger partial charge on any atom is 0.321 e. The second-order valence-electron chi connectivity index (χ2n) is 9.93. The van der Waals surface area contributed by atoms with Crippen molar-refractivity contribution >= 4 is 23.4 Å². The second kappa shape index (κ2) is 7.09. The number of fused-ring (bicyclic) bond motifs is 5. The average molecular weight is 419 g/mol. The maximum atomic E-state index is 11.9. The third kappa shape index (κ3) is 3.06. The minimum Gasteiger partial charge on any atom is -0.480 e. The van der Waals surface area contributed by atoms with Crippen LogP contribution in [0.15, 0.2) is 36.0 Å². The van der Waals surface area contributed by atoms with E-state index in [2.05, 4.69) is 20.1 Å². The van der Waals surface area contributed by atoms with E-state index in [9.17, 15) is 19.8 Å². The molecular weight excluding hydrogens is 388 g/mol. The molecule has 4 aliphatic carbocycles. The van der Waals surface area contributed by atoms with E-state index in [1.807, 2.05) is 6.08 Å². The fourth-order valence-corrected chi connectivity index (χ4v) is 7.45. The summed E-state index contributed by atoms with van der Waals surface area (Å²) in [5.41, 5.74) is 1.50. The number of carboxylic acids is 1. The summed E-state index contributed by atoms with van der Waals surface area (Å²) in [7, 11) is 0. The first-order valence-corrected chi connectivity index (χ1v) is 11.2. The molecule has 158 valence electrons. The Hall–Kier alpha value is -1.39. The first kappa shape index (κ1) is 20.9. The molecule has 2 N–H and O–H groups in total. The Bertz CT molecular complexity index is 814. The van der Waals surface area contributed by atoms with Crippen LogP contribution in [0.1, 0.15) is 58.3 Å². The van der Waals surface area contributed by atoms with Gasteiger partial charge < -0.3 is 10.2 Å². The minimum absolute atomic E-state index is 0.0773. The summed E-state index contributed by atoms with van der Waals surface area (Å²) in [5, 5.41) is 19.9. The van der Waals surface area contributed by atoms with Crippen molar-refractivity contribution in [1.29, 1.82) is 0 Å². The molecule has 0 aromatic heterocycles. The predicted molar refractivity (Wildman–Crippen MR) is 113 cm³/mol. The smallest absolute Gasteiger partial charge is 0.321 e. The highest BCUT2D eigenvalue weighted by molar-refractivity contribution is 6.29. The first-order valence-electron chi connectivity index (χ1n) is 10.8. The summed E-state index contributed by atoms with van der Waals surface area (Å²) in [6.07, 6.45) is 7.70. The molecule has 4 rings (SSSR count). The number of aliphatic carboxylic acids is 1. The molecule has 0 spiro atoms. The Morgan fingerprint density at radius 2 is 2.07 bits per heavy atom. The van der Waals surface area contributed by atoms with Gasteiger partial charge in [-0.25, -0.2) is 0 Å². The van der Waals surface area contributed by atoms with Crippen molar-refractivity contribution in [1.82, 2.24) is 0 Å². The fourth-order valence-electron chi connectivity index (χ4n) is 7.27. The lowest BCUT2D eigenvalue weighted by Gasteiger charge is -2.57. The monoisotopic (exact) mass is 418 g/mol. The largest absolute Gasteiger partial charge is 0.480 e. The molecule has 0 heterocycles. The first-order chi connectivity index (χ1) is 13.6. The normalized spacial score (nSPS) is 42.4. The van der Waals surface area contributed by atoms with Crippen LogP contribution >= 0.6 is 11.6 Å². The minimum atomic E-state index is -1.12. The standard InChI is InChI=1S/C24H31ClO4/c1-13-12-23(3)19(8-9-24(23,29)14(2)10-20(25)22(27)28)18-6-4-15-11-16(26)5-7-17(15)21(13)18/h11,17-21,29H,1-2,4-10,12H2,3H3,(H,27,28)/t17-,18-,19-,20+,21+,23-,24+/m0/s1. The summed E-state index contributed by atoms with van der Waals surface area (Å²) in [6.45, 7) is 10.7. The average Bonchev–Trinajstić information content (AvgIpc) is 2.93. The predicted octanol–water partition coefficient (Wildman–Crippen LogP) is 4.66. The van der Waals surface area contributed by atoms with Crippen LogP contribution in [0.3, 0.4) is 0 Å². The highest BCUT2D eigenvalue weighted by atomic mass is 35.5. The van der Waals surface area contributed by atoms with Crippen LogP contribution in [-0.4, -0.2) is 32.9 Å². The zero-order valence-electron chi connectivity index (χ0n) is 17.1. The number of carbonyl (C=O) groups is 2. The lowest BCUT2D eigenvalue weighted by atomic mass is 9.48. The zero-order valence-corrected chi connectivity index (χ0v) is 17.9. The van der Waals surface area contributed by atoms with Gasteiger partial charge in [0.05, 0.1) is 5.60 Å². The number of aliphatic hydroxyl groups is 1. The summed E-state index contributed by atoms with van der Waals surface area (Å²) < 4.78 is 0. The van der Waals surface area contributed by atoms with E-state index >= 15 is 0 Å². The summed E-state index contributed by atoms with van der Waals surface area (Å²) in [5.74, 6) is 0.766.